The molecule has 4 rings (SSSR count). The summed E-state index contributed by atoms with van der Waals surface area (Å²) < 4.78 is 59.8. The summed E-state index contributed by atoms with van der Waals surface area (Å²) in [6.45, 7) is 0. The number of nitrogens with zero attached hydrogens (tertiary/aromatic N) is 3. The quantitative estimate of drug-likeness (QED) is 0.503. The minimum absolute atomic E-state index is 0.0671. The summed E-state index contributed by atoms with van der Waals surface area (Å²) >= 11 is 0. The first-order valence-corrected chi connectivity index (χ1v) is 11.1. The third-order valence-corrected chi connectivity index (χ3v) is 5.64. The normalized spacial score (nSPS) is 11.9. The van der Waals surface area contributed by atoms with Gasteiger partial charge in [-0.1, -0.05) is 0 Å². The van der Waals surface area contributed by atoms with Crippen LogP contribution in [0, 0.1) is 11.6 Å². The van der Waals surface area contributed by atoms with E-state index in [1.807, 2.05) is 0 Å². The molecule has 10 heteroatoms. The van der Waals surface area contributed by atoms with Crippen LogP contribution in [0.25, 0.3) is 22.3 Å². The molecule has 4 aromatic rings. The lowest BCUT2D eigenvalue weighted by molar-refractivity contribution is 0.437. The maximum Gasteiger partial charge on any atom is 0.168 e. The van der Waals surface area contributed by atoms with E-state index in [1.165, 1.54) is 35.3 Å². The van der Waals surface area contributed by atoms with Crippen molar-refractivity contribution in [2.45, 2.75) is 6.42 Å². The van der Waals surface area contributed by atoms with Gasteiger partial charge in [-0.2, -0.15) is 5.10 Å². The van der Waals surface area contributed by atoms with Gasteiger partial charge in [-0.3, -0.25) is 0 Å². The zero-order valence-electron chi connectivity index (χ0n) is 16.2. The largest absolute Gasteiger partial charge is 0.454 e. The van der Waals surface area contributed by atoms with Gasteiger partial charge < -0.3 is 9.72 Å². The molecule has 0 saturated carbocycles. The van der Waals surface area contributed by atoms with Crippen molar-refractivity contribution in [3.05, 3.63) is 60.1 Å². The SMILES string of the molecule is Cn1ncnc1-c1cc(Oc2c(F)cc3[nH]ccc3c2CCS(C)(=O)=O)ccc1F. The summed E-state index contributed by atoms with van der Waals surface area (Å²) in [4.78, 5) is 6.95. The zero-order valence-corrected chi connectivity index (χ0v) is 17.0. The number of fused-ring (bicyclic) bond motifs is 1. The molecule has 0 unspecified atom stereocenters. The molecule has 0 aliphatic rings. The molecular formula is C20H18F2N4O3S. The lowest BCUT2D eigenvalue weighted by atomic mass is 10.1. The van der Waals surface area contributed by atoms with Crippen LogP contribution < -0.4 is 4.74 Å². The van der Waals surface area contributed by atoms with E-state index in [4.69, 9.17) is 4.74 Å². The molecule has 0 atom stereocenters. The first-order chi connectivity index (χ1) is 14.2. The Morgan fingerprint density at radius 2 is 1.97 bits per heavy atom. The predicted octanol–water partition coefficient (Wildman–Crippen LogP) is 3.62. The van der Waals surface area contributed by atoms with Crippen LogP contribution in [0.4, 0.5) is 8.78 Å². The van der Waals surface area contributed by atoms with E-state index in [0.29, 0.717) is 16.5 Å². The van der Waals surface area contributed by atoms with E-state index in [9.17, 15) is 17.2 Å². The molecule has 2 heterocycles. The van der Waals surface area contributed by atoms with E-state index < -0.39 is 21.5 Å². The Morgan fingerprint density at radius 3 is 2.67 bits per heavy atom. The summed E-state index contributed by atoms with van der Waals surface area (Å²) in [7, 11) is -1.66. The van der Waals surface area contributed by atoms with Gasteiger partial charge in [-0.25, -0.2) is 26.9 Å². The molecular weight excluding hydrogens is 414 g/mol. The van der Waals surface area contributed by atoms with Crippen LogP contribution in [0.2, 0.25) is 0 Å². The van der Waals surface area contributed by atoms with E-state index in [2.05, 4.69) is 15.1 Å². The molecule has 0 aliphatic carbocycles. The number of nitrogens with one attached hydrogen (secondary N) is 1. The van der Waals surface area contributed by atoms with Gasteiger partial charge in [0.2, 0.25) is 0 Å². The van der Waals surface area contributed by atoms with Crippen molar-refractivity contribution in [2.75, 3.05) is 12.0 Å². The average molecular weight is 432 g/mol. The summed E-state index contributed by atoms with van der Waals surface area (Å²) in [6.07, 6.45) is 4.12. The lowest BCUT2D eigenvalue weighted by Crippen LogP contribution is -2.08. The van der Waals surface area contributed by atoms with Crippen molar-refractivity contribution in [2.24, 2.45) is 7.05 Å². The molecule has 7 nitrogen and oxygen atoms in total. The van der Waals surface area contributed by atoms with Gasteiger partial charge in [0.1, 0.15) is 27.7 Å². The predicted molar refractivity (Wildman–Crippen MR) is 108 cm³/mol. The zero-order chi connectivity index (χ0) is 21.5. The second-order valence-electron chi connectivity index (χ2n) is 6.94. The summed E-state index contributed by atoms with van der Waals surface area (Å²) in [5.41, 5.74) is 1.09. The molecule has 2 aromatic heterocycles. The summed E-state index contributed by atoms with van der Waals surface area (Å²) in [5.74, 6) is -0.974. The minimum Gasteiger partial charge on any atom is -0.454 e. The number of aryl methyl sites for hydroxylation is 2. The Balaban J connectivity index is 1.79. The molecule has 0 bridgehead atoms. The van der Waals surface area contributed by atoms with Gasteiger partial charge in [0.25, 0.3) is 0 Å². The van der Waals surface area contributed by atoms with Crippen LogP contribution in [-0.2, 0) is 23.3 Å². The van der Waals surface area contributed by atoms with Gasteiger partial charge >= 0.3 is 0 Å². The third-order valence-electron chi connectivity index (χ3n) is 4.70. The number of H-pyrrole nitrogens is 1. The van der Waals surface area contributed by atoms with E-state index in [-0.39, 0.29) is 35.1 Å². The van der Waals surface area contributed by atoms with Crippen LogP contribution >= 0.6 is 0 Å². The molecule has 0 spiro atoms. The van der Waals surface area contributed by atoms with Crippen molar-refractivity contribution in [1.82, 2.24) is 19.7 Å². The second kappa shape index (κ2) is 7.52. The molecule has 2 aromatic carbocycles. The molecule has 30 heavy (non-hydrogen) atoms. The van der Waals surface area contributed by atoms with Crippen molar-refractivity contribution < 1.29 is 21.9 Å². The molecule has 0 radical (unpaired) electrons. The molecule has 0 amide bonds. The number of aromatic nitrogens is 4. The number of rotatable bonds is 6. The molecule has 1 N–H and O–H groups in total. The van der Waals surface area contributed by atoms with Crippen LogP contribution in [0.5, 0.6) is 11.5 Å². The fourth-order valence-electron chi connectivity index (χ4n) is 3.27. The van der Waals surface area contributed by atoms with Crippen LogP contribution in [0.15, 0.2) is 42.9 Å². The number of benzene rings is 2. The smallest absolute Gasteiger partial charge is 0.168 e. The summed E-state index contributed by atoms with van der Waals surface area (Å²) in [5, 5.41) is 4.59. The van der Waals surface area contributed by atoms with Crippen molar-refractivity contribution in [1.29, 1.82) is 0 Å². The highest BCUT2D eigenvalue weighted by Gasteiger charge is 2.19. The average Bonchev–Trinajstić information content (AvgIpc) is 3.30. The van der Waals surface area contributed by atoms with Gasteiger partial charge in [0, 0.05) is 42.0 Å². The Kier molecular flexibility index (Phi) is 5.02. The van der Waals surface area contributed by atoms with Gasteiger partial charge in [-0.15, -0.1) is 0 Å². The maximum absolute atomic E-state index is 14.9. The van der Waals surface area contributed by atoms with E-state index in [1.54, 1.807) is 19.3 Å². The lowest BCUT2D eigenvalue weighted by Gasteiger charge is -2.14. The number of hydrogen-bond acceptors (Lipinski definition) is 5. The van der Waals surface area contributed by atoms with Crippen molar-refractivity contribution in [3.63, 3.8) is 0 Å². The molecule has 156 valence electrons. The highest BCUT2D eigenvalue weighted by molar-refractivity contribution is 7.90. The first-order valence-electron chi connectivity index (χ1n) is 9.01. The van der Waals surface area contributed by atoms with Crippen molar-refractivity contribution >= 4 is 20.7 Å². The topological polar surface area (TPSA) is 89.9 Å². The number of aromatic amines is 1. The standard InChI is InChI=1S/C20H18F2N4O3S/c1-26-20(24-11-25-26)15-9-12(3-4-16(15)21)29-19-14(6-8-30(2,27)28)13-5-7-23-18(13)10-17(19)22/h3-5,7,9-11,23H,6,8H2,1-2H3. The fourth-order valence-corrected chi connectivity index (χ4v) is 3.84. The Labute approximate surface area is 171 Å². The van der Waals surface area contributed by atoms with E-state index in [0.717, 1.165) is 6.26 Å². The number of ether oxygens (including phenoxy) is 1. The van der Waals surface area contributed by atoms with Gasteiger partial charge in [0.05, 0.1) is 11.3 Å². The number of halogens is 2. The Hall–Kier alpha value is -3.27. The number of hydrogen-bond donors (Lipinski definition) is 1. The van der Waals surface area contributed by atoms with Crippen LogP contribution in [-0.4, -0.2) is 40.2 Å². The molecule has 0 fully saturated rings. The fraction of sp³-hybridized carbons (Fsp3) is 0.200. The molecule has 0 aliphatic heterocycles. The van der Waals surface area contributed by atoms with Gasteiger partial charge in [-0.05, 0) is 30.7 Å². The first kappa shape index (κ1) is 20.0. The van der Waals surface area contributed by atoms with Gasteiger partial charge in [0.15, 0.2) is 17.4 Å². The molecule has 0 saturated heterocycles. The minimum atomic E-state index is -3.28. The number of sulfone groups is 1. The highest BCUT2D eigenvalue weighted by atomic mass is 32.2. The third kappa shape index (κ3) is 3.90. The second-order valence-corrected chi connectivity index (χ2v) is 9.20. The summed E-state index contributed by atoms with van der Waals surface area (Å²) in [6, 6.07) is 6.98. The van der Waals surface area contributed by atoms with Crippen molar-refractivity contribution in [3.8, 4) is 22.9 Å². The highest BCUT2D eigenvalue weighted by Crippen LogP contribution is 2.36. The Bertz CT molecular complexity index is 1350. The maximum atomic E-state index is 14.9. The van der Waals surface area contributed by atoms with Crippen LogP contribution in [0.3, 0.4) is 0 Å². The van der Waals surface area contributed by atoms with Crippen LogP contribution in [0.1, 0.15) is 5.56 Å². The monoisotopic (exact) mass is 432 g/mol. The van der Waals surface area contributed by atoms with E-state index >= 15 is 0 Å². The Morgan fingerprint density at radius 1 is 1.17 bits per heavy atom.